The number of rotatable bonds is 8. The Morgan fingerprint density at radius 3 is 2.54 bits per heavy atom. The molecule has 0 spiro atoms. The Morgan fingerprint density at radius 2 is 1.79 bits per heavy atom. The fraction of sp³-hybridized carbons (Fsp3) is 0.258. The summed E-state index contributed by atoms with van der Waals surface area (Å²) in [7, 11) is 1.60. The lowest BCUT2D eigenvalue weighted by molar-refractivity contribution is -0.132. The number of aryl methyl sites for hydroxylation is 1. The Bertz CT molecular complexity index is 1450. The maximum Gasteiger partial charge on any atom is 0.275 e. The minimum atomic E-state index is -0.274. The highest BCUT2D eigenvalue weighted by Crippen LogP contribution is 2.33. The zero-order valence-corrected chi connectivity index (χ0v) is 22.5. The number of thiazole rings is 1. The van der Waals surface area contributed by atoms with Crippen LogP contribution in [0.2, 0.25) is 0 Å². The quantitative estimate of drug-likeness (QED) is 0.274. The number of benzene rings is 3. The number of carbonyl (C=O) groups excluding carboxylic acids is 2. The lowest BCUT2D eigenvalue weighted by atomic mass is 9.97. The maximum atomic E-state index is 13.9. The van der Waals surface area contributed by atoms with E-state index in [-0.39, 0.29) is 23.5 Å². The largest absolute Gasteiger partial charge is 0.497 e. The summed E-state index contributed by atoms with van der Waals surface area (Å²) >= 11 is 1.48. The van der Waals surface area contributed by atoms with E-state index in [2.05, 4.69) is 10.3 Å². The number of carbonyl (C=O) groups is 2. The molecule has 0 aliphatic carbocycles. The van der Waals surface area contributed by atoms with Gasteiger partial charge in [0.05, 0.1) is 17.8 Å². The number of ether oxygens (including phenoxy) is 1. The van der Waals surface area contributed by atoms with Gasteiger partial charge >= 0.3 is 0 Å². The summed E-state index contributed by atoms with van der Waals surface area (Å²) in [4.78, 5) is 32.4. The van der Waals surface area contributed by atoms with Gasteiger partial charge in [-0.1, -0.05) is 48.5 Å². The lowest BCUT2D eigenvalue weighted by Crippen LogP contribution is -2.38. The zero-order chi connectivity index (χ0) is 27.2. The van der Waals surface area contributed by atoms with Crippen molar-refractivity contribution in [1.82, 2.24) is 9.88 Å². The number of hydrogen-bond donors (Lipinski definition) is 1. The summed E-state index contributed by atoms with van der Waals surface area (Å²) in [6.07, 6.45) is 2.26. The molecule has 1 aromatic heterocycles. The van der Waals surface area contributed by atoms with Crippen LogP contribution in [0.3, 0.4) is 0 Å². The molecule has 3 aromatic carbocycles. The molecule has 0 bridgehead atoms. The second-order valence-corrected chi connectivity index (χ2v) is 10.4. The average molecular weight is 544 g/mol. The molecule has 8 heteroatoms. The van der Waals surface area contributed by atoms with E-state index < -0.39 is 0 Å². The van der Waals surface area contributed by atoms with E-state index in [1.807, 2.05) is 53.4 Å². The van der Waals surface area contributed by atoms with Gasteiger partial charge in [0, 0.05) is 42.4 Å². The number of nitrogens with one attached hydrogen (secondary N) is 1. The van der Waals surface area contributed by atoms with Gasteiger partial charge in [-0.05, 0) is 48.6 Å². The SMILES string of the molecule is COc1ccc(-c2ccccc2)c(NC(=O)c2csc(C3CCN(C(=O)CCc4ccccc4F)CC3)n2)c1. The Morgan fingerprint density at radius 1 is 1.05 bits per heavy atom. The van der Waals surface area contributed by atoms with Crippen molar-refractivity contribution in [2.24, 2.45) is 0 Å². The molecule has 1 N–H and O–H groups in total. The van der Waals surface area contributed by atoms with Crippen molar-refractivity contribution >= 4 is 28.8 Å². The molecule has 39 heavy (non-hydrogen) atoms. The van der Waals surface area contributed by atoms with Gasteiger partial charge in [-0.3, -0.25) is 9.59 Å². The van der Waals surface area contributed by atoms with Crippen LogP contribution in [-0.2, 0) is 11.2 Å². The third-order valence-corrected chi connectivity index (χ3v) is 8.08. The molecule has 200 valence electrons. The van der Waals surface area contributed by atoms with Gasteiger partial charge in [0.2, 0.25) is 5.91 Å². The third-order valence-electron chi connectivity index (χ3n) is 7.08. The number of hydrogen-bond acceptors (Lipinski definition) is 5. The van der Waals surface area contributed by atoms with Crippen molar-refractivity contribution in [2.75, 3.05) is 25.5 Å². The molecule has 2 heterocycles. The van der Waals surface area contributed by atoms with Crippen molar-refractivity contribution in [3.8, 4) is 16.9 Å². The summed E-state index contributed by atoms with van der Waals surface area (Å²) < 4.78 is 19.2. The number of likely N-dealkylation sites (tertiary alicyclic amines) is 1. The summed E-state index contributed by atoms with van der Waals surface area (Å²) in [6.45, 7) is 1.26. The van der Waals surface area contributed by atoms with E-state index in [9.17, 15) is 14.0 Å². The van der Waals surface area contributed by atoms with Gasteiger partial charge in [0.25, 0.3) is 5.91 Å². The minimum absolute atomic E-state index is 0.0448. The molecular weight excluding hydrogens is 513 g/mol. The highest BCUT2D eigenvalue weighted by molar-refractivity contribution is 7.10. The standard InChI is InChI=1S/C31H30FN3O3S/c1-38-24-12-13-25(21-7-3-2-4-8-21)27(19-24)33-30(37)28-20-39-31(34-28)23-15-17-35(18-16-23)29(36)14-11-22-9-5-6-10-26(22)32/h2-10,12-13,19-20,23H,11,14-18H2,1H3,(H,33,37). The Balaban J connectivity index is 1.19. The molecule has 0 atom stereocenters. The molecule has 0 saturated carbocycles. The molecule has 0 unspecified atom stereocenters. The molecule has 1 fully saturated rings. The van der Waals surface area contributed by atoms with Crippen LogP contribution in [0.25, 0.3) is 11.1 Å². The van der Waals surface area contributed by atoms with Crippen molar-refractivity contribution in [1.29, 1.82) is 0 Å². The Labute approximate surface area is 231 Å². The van der Waals surface area contributed by atoms with Crippen LogP contribution in [0.1, 0.15) is 46.2 Å². The monoisotopic (exact) mass is 543 g/mol. The number of halogens is 1. The summed E-state index contributed by atoms with van der Waals surface area (Å²) in [5.74, 6) is 0.352. The molecule has 5 rings (SSSR count). The molecule has 1 aliphatic heterocycles. The van der Waals surface area contributed by atoms with E-state index in [0.717, 1.165) is 29.0 Å². The van der Waals surface area contributed by atoms with Crippen LogP contribution in [0.5, 0.6) is 5.75 Å². The van der Waals surface area contributed by atoms with Gasteiger partial charge < -0.3 is 15.0 Å². The number of nitrogens with zero attached hydrogens (tertiary/aromatic N) is 2. The molecule has 2 amide bonds. The van der Waals surface area contributed by atoms with Crippen molar-refractivity contribution in [2.45, 2.75) is 31.6 Å². The number of methoxy groups -OCH3 is 1. The molecule has 4 aromatic rings. The van der Waals surface area contributed by atoms with Crippen LogP contribution < -0.4 is 10.1 Å². The third kappa shape index (κ3) is 6.34. The van der Waals surface area contributed by atoms with Crippen molar-refractivity contribution in [3.05, 3.63) is 100 Å². The van der Waals surface area contributed by atoms with E-state index in [4.69, 9.17) is 4.74 Å². The van der Waals surface area contributed by atoms with Gasteiger partial charge in [0.1, 0.15) is 17.3 Å². The number of anilines is 1. The van der Waals surface area contributed by atoms with E-state index in [1.54, 1.807) is 30.7 Å². The first-order valence-corrected chi connectivity index (χ1v) is 13.9. The minimum Gasteiger partial charge on any atom is -0.497 e. The molecular formula is C31H30FN3O3S. The molecule has 0 radical (unpaired) electrons. The average Bonchev–Trinajstić information content (AvgIpc) is 3.48. The zero-order valence-electron chi connectivity index (χ0n) is 21.7. The molecule has 6 nitrogen and oxygen atoms in total. The number of amides is 2. The number of piperidine rings is 1. The van der Waals surface area contributed by atoms with Crippen LogP contribution in [-0.4, -0.2) is 41.9 Å². The summed E-state index contributed by atoms with van der Waals surface area (Å²) in [5, 5.41) is 5.72. The highest BCUT2D eigenvalue weighted by Gasteiger charge is 2.26. The maximum absolute atomic E-state index is 13.9. The van der Waals surface area contributed by atoms with Crippen LogP contribution in [0.15, 0.2) is 78.2 Å². The van der Waals surface area contributed by atoms with Gasteiger partial charge in [-0.25, -0.2) is 9.37 Å². The fourth-order valence-corrected chi connectivity index (χ4v) is 5.84. The van der Waals surface area contributed by atoms with Crippen LogP contribution >= 0.6 is 11.3 Å². The smallest absolute Gasteiger partial charge is 0.275 e. The lowest BCUT2D eigenvalue weighted by Gasteiger charge is -2.31. The van der Waals surface area contributed by atoms with E-state index in [1.165, 1.54) is 17.4 Å². The van der Waals surface area contributed by atoms with E-state index in [0.29, 0.717) is 48.6 Å². The second kappa shape index (κ2) is 12.2. The van der Waals surface area contributed by atoms with Crippen LogP contribution in [0.4, 0.5) is 10.1 Å². The molecule has 1 aliphatic rings. The van der Waals surface area contributed by atoms with Crippen LogP contribution in [0, 0.1) is 5.82 Å². The van der Waals surface area contributed by atoms with Crippen molar-refractivity contribution in [3.63, 3.8) is 0 Å². The van der Waals surface area contributed by atoms with Gasteiger partial charge in [-0.2, -0.15) is 0 Å². The normalized spacial score (nSPS) is 13.7. The van der Waals surface area contributed by atoms with Gasteiger partial charge in [-0.15, -0.1) is 11.3 Å². The topological polar surface area (TPSA) is 71.5 Å². The van der Waals surface area contributed by atoms with Crippen molar-refractivity contribution < 1.29 is 18.7 Å². The first-order valence-electron chi connectivity index (χ1n) is 13.0. The molecule has 1 saturated heterocycles. The summed E-state index contributed by atoms with van der Waals surface area (Å²) in [6, 6.07) is 22.1. The van der Waals surface area contributed by atoms with Gasteiger partial charge in [0.15, 0.2) is 0 Å². The highest BCUT2D eigenvalue weighted by atomic mass is 32.1. The Kier molecular flexibility index (Phi) is 8.32. The predicted octanol–water partition coefficient (Wildman–Crippen LogP) is 6.55. The Hall–Kier alpha value is -4.04. The second-order valence-electron chi connectivity index (χ2n) is 9.55. The first-order chi connectivity index (χ1) is 19.0. The summed E-state index contributed by atoms with van der Waals surface area (Å²) in [5.41, 5.74) is 3.48. The predicted molar refractivity (Wildman–Crippen MR) is 152 cm³/mol. The first kappa shape index (κ1) is 26.6. The van der Waals surface area contributed by atoms with E-state index >= 15 is 0 Å². The number of aromatic nitrogens is 1. The fourth-order valence-electron chi connectivity index (χ4n) is 4.87.